The standard InChI is InChI=1S/C18H23N3O2S/c1-12-13(2)24-17(20-12)11-19-18(22)21-15-8-9-23-16(10-15)14-6-4-3-5-7-14/h3-7,15-16H,8-11H2,1-2H3,(H2,19,21,22)/t15-,16-/m0/s1. The van der Waals surface area contributed by atoms with Gasteiger partial charge in [-0.3, -0.25) is 0 Å². The smallest absolute Gasteiger partial charge is 0.315 e. The van der Waals surface area contributed by atoms with Crippen LogP contribution in [0.3, 0.4) is 0 Å². The average molecular weight is 345 g/mol. The molecule has 0 bridgehead atoms. The van der Waals surface area contributed by atoms with Gasteiger partial charge in [-0.25, -0.2) is 9.78 Å². The summed E-state index contributed by atoms with van der Waals surface area (Å²) in [6.45, 7) is 5.16. The third-order valence-corrected chi connectivity index (χ3v) is 5.34. The van der Waals surface area contributed by atoms with Crippen LogP contribution in [0.1, 0.15) is 40.1 Å². The number of ether oxygens (including phenoxy) is 1. The minimum Gasteiger partial charge on any atom is -0.373 e. The Hall–Kier alpha value is -1.92. The van der Waals surface area contributed by atoms with Crippen LogP contribution in [0.25, 0.3) is 0 Å². The summed E-state index contributed by atoms with van der Waals surface area (Å²) in [5, 5.41) is 6.89. The van der Waals surface area contributed by atoms with Crippen LogP contribution in [0.15, 0.2) is 30.3 Å². The van der Waals surface area contributed by atoms with E-state index in [9.17, 15) is 4.79 Å². The number of aromatic nitrogens is 1. The van der Waals surface area contributed by atoms with E-state index in [1.165, 1.54) is 4.88 Å². The lowest BCUT2D eigenvalue weighted by molar-refractivity contribution is 0.00225. The van der Waals surface area contributed by atoms with Crippen molar-refractivity contribution in [2.24, 2.45) is 0 Å². The van der Waals surface area contributed by atoms with E-state index in [1.807, 2.05) is 32.0 Å². The number of urea groups is 1. The lowest BCUT2D eigenvalue weighted by Gasteiger charge is -2.30. The number of nitrogens with zero attached hydrogens (tertiary/aromatic N) is 1. The lowest BCUT2D eigenvalue weighted by Crippen LogP contribution is -2.44. The Morgan fingerprint density at radius 1 is 1.33 bits per heavy atom. The molecule has 0 unspecified atom stereocenters. The molecule has 1 aromatic heterocycles. The van der Waals surface area contributed by atoms with E-state index in [4.69, 9.17) is 4.74 Å². The van der Waals surface area contributed by atoms with Crippen molar-refractivity contribution in [1.29, 1.82) is 0 Å². The highest BCUT2D eigenvalue weighted by Crippen LogP contribution is 2.27. The van der Waals surface area contributed by atoms with Gasteiger partial charge in [0, 0.05) is 17.5 Å². The molecule has 1 aromatic carbocycles. The molecule has 0 aliphatic carbocycles. The zero-order valence-electron chi connectivity index (χ0n) is 14.0. The monoisotopic (exact) mass is 345 g/mol. The quantitative estimate of drug-likeness (QED) is 0.892. The van der Waals surface area contributed by atoms with Crippen LogP contribution >= 0.6 is 11.3 Å². The molecule has 2 heterocycles. The van der Waals surface area contributed by atoms with Crippen LogP contribution in [0.2, 0.25) is 0 Å². The van der Waals surface area contributed by atoms with Crippen LogP contribution in [0, 0.1) is 13.8 Å². The van der Waals surface area contributed by atoms with Crippen molar-refractivity contribution < 1.29 is 9.53 Å². The van der Waals surface area contributed by atoms with Crippen molar-refractivity contribution in [2.75, 3.05) is 6.61 Å². The van der Waals surface area contributed by atoms with Crippen LogP contribution in [-0.2, 0) is 11.3 Å². The van der Waals surface area contributed by atoms with E-state index in [2.05, 4.69) is 27.8 Å². The molecule has 0 spiro atoms. The second kappa shape index (κ2) is 7.77. The normalized spacial score (nSPS) is 20.6. The van der Waals surface area contributed by atoms with Gasteiger partial charge in [-0.05, 0) is 32.3 Å². The van der Waals surface area contributed by atoms with E-state index < -0.39 is 0 Å². The van der Waals surface area contributed by atoms with Crippen molar-refractivity contribution in [3.63, 3.8) is 0 Å². The molecule has 2 amide bonds. The summed E-state index contributed by atoms with van der Waals surface area (Å²) in [5.41, 5.74) is 2.20. The molecule has 0 saturated carbocycles. The number of aryl methyl sites for hydroxylation is 2. The van der Waals surface area contributed by atoms with Crippen molar-refractivity contribution in [1.82, 2.24) is 15.6 Å². The summed E-state index contributed by atoms with van der Waals surface area (Å²) in [7, 11) is 0. The highest BCUT2D eigenvalue weighted by Gasteiger charge is 2.24. The highest BCUT2D eigenvalue weighted by atomic mass is 32.1. The Morgan fingerprint density at radius 2 is 2.12 bits per heavy atom. The maximum Gasteiger partial charge on any atom is 0.315 e. The molecule has 24 heavy (non-hydrogen) atoms. The molecule has 2 atom stereocenters. The minimum absolute atomic E-state index is 0.0505. The number of hydrogen-bond acceptors (Lipinski definition) is 4. The Bertz CT molecular complexity index is 667. The molecular formula is C18H23N3O2S. The number of thiazole rings is 1. The second-order valence-corrected chi connectivity index (χ2v) is 7.36. The van der Waals surface area contributed by atoms with Gasteiger partial charge in [0.15, 0.2) is 0 Å². The average Bonchev–Trinajstić information content (AvgIpc) is 2.92. The molecule has 1 aliphatic heterocycles. The van der Waals surface area contributed by atoms with E-state index in [1.54, 1.807) is 11.3 Å². The Labute approximate surface area is 146 Å². The molecule has 2 aromatic rings. The Kier molecular flexibility index (Phi) is 5.48. The van der Waals surface area contributed by atoms with E-state index in [0.29, 0.717) is 13.2 Å². The molecular weight excluding hydrogens is 322 g/mol. The summed E-state index contributed by atoms with van der Waals surface area (Å²) in [6, 6.07) is 10.2. The van der Waals surface area contributed by atoms with Crippen LogP contribution in [-0.4, -0.2) is 23.7 Å². The number of hydrogen-bond donors (Lipinski definition) is 2. The van der Waals surface area contributed by atoms with E-state index >= 15 is 0 Å². The van der Waals surface area contributed by atoms with Gasteiger partial charge < -0.3 is 15.4 Å². The summed E-state index contributed by atoms with van der Waals surface area (Å²) in [4.78, 5) is 17.8. The van der Waals surface area contributed by atoms with Gasteiger partial charge in [-0.2, -0.15) is 0 Å². The number of nitrogens with one attached hydrogen (secondary N) is 2. The molecule has 5 nitrogen and oxygen atoms in total. The number of benzene rings is 1. The van der Waals surface area contributed by atoms with Gasteiger partial charge in [0.25, 0.3) is 0 Å². The first-order valence-corrected chi connectivity index (χ1v) is 9.07. The first kappa shape index (κ1) is 16.9. The zero-order chi connectivity index (χ0) is 16.9. The fourth-order valence-corrected chi connectivity index (χ4v) is 3.71. The predicted molar refractivity (Wildman–Crippen MR) is 95.1 cm³/mol. The molecule has 3 rings (SSSR count). The number of carbonyl (C=O) groups excluding carboxylic acids is 1. The number of rotatable bonds is 4. The van der Waals surface area contributed by atoms with Crippen LogP contribution in [0.5, 0.6) is 0 Å². The fourth-order valence-electron chi connectivity index (χ4n) is 2.84. The molecule has 0 radical (unpaired) electrons. The SMILES string of the molecule is Cc1nc(CNC(=O)N[C@H]2CCO[C@H](c3ccccc3)C2)sc1C. The molecule has 128 valence electrons. The Balaban J connectivity index is 1.49. The largest absolute Gasteiger partial charge is 0.373 e. The highest BCUT2D eigenvalue weighted by molar-refractivity contribution is 7.11. The number of carbonyl (C=O) groups is 1. The van der Waals surface area contributed by atoms with E-state index in [-0.39, 0.29) is 18.2 Å². The molecule has 6 heteroatoms. The second-order valence-electron chi connectivity index (χ2n) is 6.07. The lowest BCUT2D eigenvalue weighted by atomic mass is 9.97. The third-order valence-electron chi connectivity index (χ3n) is 4.26. The van der Waals surface area contributed by atoms with Gasteiger partial charge in [-0.1, -0.05) is 30.3 Å². The summed E-state index contributed by atoms with van der Waals surface area (Å²) < 4.78 is 5.84. The third kappa shape index (κ3) is 4.33. The maximum absolute atomic E-state index is 12.1. The molecule has 1 fully saturated rings. The maximum atomic E-state index is 12.1. The first-order chi connectivity index (χ1) is 11.6. The van der Waals surface area contributed by atoms with Crippen molar-refractivity contribution in [2.45, 2.75) is 45.4 Å². The molecule has 1 saturated heterocycles. The Morgan fingerprint density at radius 3 is 2.83 bits per heavy atom. The molecule has 1 aliphatic rings. The summed E-state index contributed by atoms with van der Waals surface area (Å²) in [6.07, 6.45) is 1.69. The summed E-state index contributed by atoms with van der Waals surface area (Å²) >= 11 is 1.63. The van der Waals surface area contributed by atoms with Crippen LogP contribution < -0.4 is 10.6 Å². The van der Waals surface area contributed by atoms with Crippen molar-refractivity contribution in [3.05, 3.63) is 51.5 Å². The minimum atomic E-state index is -0.140. The zero-order valence-corrected chi connectivity index (χ0v) is 14.9. The van der Waals surface area contributed by atoms with Gasteiger partial charge in [0.05, 0.1) is 18.3 Å². The van der Waals surface area contributed by atoms with E-state index in [0.717, 1.165) is 29.1 Å². The van der Waals surface area contributed by atoms with Crippen LogP contribution in [0.4, 0.5) is 4.79 Å². The van der Waals surface area contributed by atoms with Gasteiger partial charge in [-0.15, -0.1) is 11.3 Å². The predicted octanol–water partition coefficient (Wildman–Crippen LogP) is 3.48. The van der Waals surface area contributed by atoms with Gasteiger partial charge in [0.1, 0.15) is 5.01 Å². The van der Waals surface area contributed by atoms with Gasteiger partial charge >= 0.3 is 6.03 Å². The molecule has 2 N–H and O–H groups in total. The van der Waals surface area contributed by atoms with Crippen molar-refractivity contribution in [3.8, 4) is 0 Å². The van der Waals surface area contributed by atoms with Crippen molar-refractivity contribution >= 4 is 17.4 Å². The first-order valence-electron chi connectivity index (χ1n) is 8.25. The topological polar surface area (TPSA) is 63.2 Å². The number of amides is 2. The fraction of sp³-hybridized carbons (Fsp3) is 0.444. The summed E-state index contributed by atoms with van der Waals surface area (Å²) in [5.74, 6) is 0. The van der Waals surface area contributed by atoms with Gasteiger partial charge in [0.2, 0.25) is 0 Å².